The maximum Gasteiger partial charge on any atom is 0.282 e. The van der Waals surface area contributed by atoms with Gasteiger partial charge < -0.3 is 9.47 Å². The molecule has 5 nitrogen and oxygen atoms in total. The van der Waals surface area contributed by atoms with Crippen molar-refractivity contribution >= 4 is 29.0 Å². The summed E-state index contributed by atoms with van der Waals surface area (Å²) >= 11 is 7.55. The quantitative estimate of drug-likeness (QED) is 0.751. The van der Waals surface area contributed by atoms with Gasteiger partial charge in [0.2, 0.25) is 0 Å². The van der Waals surface area contributed by atoms with Crippen LogP contribution in [0.25, 0.3) is 0 Å². The van der Waals surface area contributed by atoms with Crippen LogP contribution in [-0.4, -0.2) is 29.7 Å². The lowest BCUT2D eigenvalue weighted by Crippen LogP contribution is -2.18. The van der Waals surface area contributed by atoms with Crippen LogP contribution in [0.1, 0.15) is 49.5 Å². The Balaban J connectivity index is 2.02. The van der Waals surface area contributed by atoms with Crippen LogP contribution in [-0.2, 0) is 16.7 Å². The molecule has 1 fully saturated rings. The third-order valence-corrected chi connectivity index (χ3v) is 6.07. The summed E-state index contributed by atoms with van der Waals surface area (Å²) in [5.41, 5.74) is 1.32. The summed E-state index contributed by atoms with van der Waals surface area (Å²) in [7, 11) is 1.53. The molecule has 1 aromatic carbocycles. The Kier molecular flexibility index (Phi) is 6.08. The zero-order valence-corrected chi connectivity index (χ0v) is 17.7. The zero-order chi connectivity index (χ0) is 19.6. The minimum absolute atomic E-state index is 0.0828. The van der Waals surface area contributed by atoms with E-state index in [9.17, 15) is 4.79 Å². The van der Waals surface area contributed by atoms with Gasteiger partial charge in [-0.05, 0) is 63.3 Å². The van der Waals surface area contributed by atoms with Crippen molar-refractivity contribution in [1.82, 2.24) is 3.96 Å². The van der Waals surface area contributed by atoms with Crippen LogP contribution in [0, 0.1) is 0 Å². The standard InChI is InChI=1S/C20H25ClN2O3S/c1-20(2,3)23-12-13(10-15-6-5-9-26-15)19(27-23)22-18(24)16-11-14(21)7-8-17(16)25-4/h7-8,11-12,15H,5-6,9-10H2,1-4H3/b22-19-. The molecule has 1 unspecified atom stereocenters. The molecule has 1 aliphatic rings. The third kappa shape index (κ3) is 4.81. The van der Waals surface area contributed by atoms with Gasteiger partial charge in [-0.1, -0.05) is 11.6 Å². The summed E-state index contributed by atoms with van der Waals surface area (Å²) in [6, 6.07) is 4.97. The van der Waals surface area contributed by atoms with Gasteiger partial charge >= 0.3 is 0 Å². The summed E-state index contributed by atoms with van der Waals surface area (Å²) in [6.07, 6.45) is 5.17. The van der Waals surface area contributed by atoms with E-state index in [1.807, 2.05) is 0 Å². The van der Waals surface area contributed by atoms with Gasteiger partial charge in [-0.2, -0.15) is 4.99 Å². The van der Waals surface area contributed by atoms with Crippen molar-refractivity contribution in [3.05, 3.63) is 45.2 Å². The minimum atomic E-state index is -0.356. The van der Waals surface area contributed by atoms with E-state index in [0.29, 0.717) is 21.0 Å². The molecule has 0 spiro atoms. The van der Waals surface area contributed by atoms with Crippen molar-refractivity contribution in [1.29, 1.82) is 0 Å². The molecule has 0 aliphatic carbocycles. The fraction of sp³-hybridized carbons (Fsp3) is 0.500. The predicted octanol–water partition coefficient (Wildman–Crippen LogP) is 4.43. The Morgan fingerprint density at radius 2 is 2.22 bits per heavy atom. The van der Waals surface area contributed by atoms with Crippen LogP contribution in [0.15, 0.2) is 29.4 Å². The topological polar surface area (TPSA) is 52.8 Å². The van der Waals surface area contributed by atoms with Crippen LogP contribution in [0.4, 0.5) is 0 Å². The largest absolute Gasteiger partial charge is 0.496 e. The molecule has 7 heteroatoms. The molecule has 146 valence electrons. The van der Waals surface area contributed by atoms with Crippen molar-refractivity contribution in [2.24, 2.45) is 4.99 Å². The second-order valence-corrected chi connectivity index (χ2v) is 9.05. The van der Waals surface area contributed by atoms with Crippen LogP contribution >= 0.6 is 23.1 Å². The number of ether oxygens (including phenoxy) is 2. The van der Waals surface area contributed by atoms with Gasteiger partial charge in [0.15, 0.2) is 0 Å². The Labute approximate surface area is 168 Å². The molecule has 1 saturated heterocycles. The highest BCUT2D eigenvalue weighted by Crippen LogP contribution is 2.24. The number of aromatic nitrogens is 1. The van der Waals surface area contributed by atoms with Gasteiger partial charge in [0, 0.05) is 35.3 Å². The maximum atomic E-state index is 12.9. The fourth-order valence-corrected chi connectivity index (χ4v) is 4.18. The third-order valence-electron chi connectivity index (χ3n) is 4.46. The van der Waals surface area contributed by atoms with Crippen molar-refractivity contribution in [3.8, 4) is 5.75 Å². The number of hydrogen-bond donors (Lipinski definition) is 0. The maximum absolute atomic E-state index is 12.9. The van der Waals surface area contributed by atoms with Crippen LogP contribution in [0.5, 0.6) is 5.75 Å². The molecule has 1 aromatic heterocycles. The molecule has 1 amide bonds. The summed E-state index contributed by atoms with van der Waals surface area (Å²) in [5, 5.41) is 0.477. The van der Waals surface area contributed by atoms with E-state index in [1.165, 1.54) is 18.6 Å². The van der Waals surface area contributed by atoms with E-state index in [0.717, 1.165) is 31.4 Å². The first kappa shape index (κ1) is 20.1. The second-order valence-electron chi connectivity index (χ2n) is 7.65. The Morgan fingerprint density at radius 1 is 1.44 bits per heavy atom. The van der Waals surface area contributed by atoms with E-state index in [4.69, 9.17) is 21.1 Å². The SMILES string of the molecule is COc1ccc(Cl)cc1C(=O)/N=c1\sn(C(C)(C)C)cc1CC1CCCO1. The van der Waals surface area contributed by atoms with Crippen LogP contribution in [0.2, 0.25) is 5.02 Å². The number of amides is 1. The van der Waals surface area contributed by atoms with Crippen molar-refractivity contribution < 1.29 is 14.3 Å². The molecular weight excluding hydrogens is 384 g/mol. The Hall–Kier alpha value is -1.63. The van der Waals surface area contributed by atoms with Crippen LogP contribution in [0.3, 0.4) is 0 Å². The van der Waals surface area contributed by atoms with Crippen LogP contribution < -0.4 is 9.41 Å². The number of carbonyl (C=O) groups excluding carboxylic acids is 1. The molecule has 0 bridgehead atoms. The van der Waals surface area contributed by atoms with Gasteiger partial charge in [-0.3, -0.25) is 8.75 Å². The molecule has 1 aliphatic heterocycles. The summed E-state index contributed by atoms with van der Waals surface area (Å²) in [4.78, 5) is 17.3. The second kappa shape index (κ2) is 8.17. The number of methoxy groups -OCH3 is 1. The molecular formula is C20H25ClN2O3S. The zero-order valence-electron chi connectivity index (χ0n) is 16.1. The normalized spacial score (nSPS) is 18.1. The number of rotatable bonds is 4. The average Bonchev–Trinajstić information content (AvgIpc) is 3.25. The van der Waals surface area contributed by atoms with Gasteiger partial charge in [-0.25, -0.2) is 0 Å². The predicted molar refractivity (Wildman–Crippen MR) is 108 cm³/mol. The highest BCUT2D eigenvalue weighted by Gasteiger charge is 2.22. The first-order valence-electron chi connectivity index (χ1n) is 9.04. The van der Waals surface area contributed by atoms with Gasteiger partial charge in [0.05, 0.1) is 18.8 Å². The average molecular weight is 409 g/mol. The van der Waals surface area contributed by atoms with Gasteiger partial charge in [0.25, 0.3) is 5.91 Å². The molecule has 0 saturated carbocycles. The molecule has 27 heavy (non-hydrogen) atoms. The smallest absolute Gasteiger partial charge is 0.282 e. The van der Waals surface area contributed by atoms with E-state index in [1.54, 1.807) is 18.2 Å². The summed E-state index contributed by atoms with van der Waals surface area (Å²) in [6.45, 7) is 7.19. The lowest BCUT2D eigenvalue weighted by atomic mass is 10.1. The lowest BCUT2D eigenvalue weighted by Gasteiger charge is -2.19. The number of halogens is 1. The highest BCUT2D eigenvalue weighted by atomic mass is 35.5. The van der Waals surface area contributed by atoms with Crippen molar-refractivity contribution in [3.63, 3.8) is 0 Å². The van der Waals surface area contributed by atoms with E-state index < -0.39 is 0 Å². The number of hydrogen-bond acceptors (Lipinski definition) is 4. The first-order valence-corrected chi connectivity index (χ1v) is 10.2. The Bertz CT molecular complexity index is 889. The number of nitrogens with zero attached hydrogens (tertiary/aromatic N) is 2. The minimum Gasteiger partial charge on any atom is -0.496 e. The summed E-state index contributed by atoms with van der Waals surface area (Å²) in [5.74, 6) is 0.111. The molecule has 0 N–H and O–H groups in total. The summed E-state index contributed by atoms with van der Waals surface area (Å²) < 4.78 is 13.9. The number of carbonyl (C=O) groups is 1. The van der Waals surface area contributed by atoms with E-state index in [-0.39, 0.29) is 17.6 Å². The lowest BCUT2D eigenvalue weighted by molar-refractivity contribution is 0.0994. The van der Waals surface area contributed by atoms with Gasteiger partial charge in [0.1, 0.15) is 10.4 Å². The fourth-order valence-electron chi connectivity index (χ4n) is 2.99. The molecule has 0 radical (unpaired) electrons. The van der Waals surface area contributed by atoms with Crippen molar-refractivity contribution in [2.45, 2.75) is 51.7 Å². The van der Waals surface area contributed by atoms with E-state index in [2.05, 4.69) is 35.9 Å². The molecule has 2 aromatic rings. The Morgan fingerprint density at radius 3 is 2.85 bits per heavy atom. The van der Waals surface area contributed by atoms with Gasteiger partial charge in [-0.15, -0.1) is 0 Å². The molecule has 2 heterocycles. The molecule has 3 rings (SSSR count). The number of benzene rings is 1. The first-order chi connectivity index (χ1) is 12.8. The highest BCUT2D eigenvalue weighted by molar-refractivity contribution is 7.04. The van der Waals surface area contributed by atoms with E-state index >= 15 is 0 Å². The monoisotopic (exact) mass is 408 g/mol. The van der Waals surface area contributed by atoms with Crippen molar-refractivity contribution in [2.75, 3.05) is 13.7 Å². The molecule has 1 atom stereocenters.